The number of carbonyl (C=O) groups is 1. The number of hydrogen-bond donors (Lipinski definition) is 1. The first kappa shape index (κ1) is 22.7. The topological polar surface area (TPSA) is 88.5 Å². The molecular formula is C26H23FN6O. The third kappa shape index (κ3) is 4.94. The maximum atomic E-state index is 13.3. The summed E-state index contributed by atoms with van der Waals surface area (Å²) in [4.78, 5) is 16.8. The van der Waals surface area contributed by atoms with Gasteiger partial charge in [0.05, 0.1) is 6.54 Å². The number of nitrogens with zero attached hydrogens (tertiary/aromatic N) is 5. The number of aromatic nitrogens is 4. The van der Waals surface area contributed by atoms with Crippen LogP contribution in [0.2, 0.25) is 0 Å². The molecule has 0 saturated heterocycles. The third-order valence-corrected chi connectivity index (χ3v) is 5.58. The highest BCUT2D eigenvalue weighted by Gasteiger charge is 2.14. The maximum absolute atomic E-state index is 13.3. The number of aryl methyl sites for hydroxylation is 1. The van der Waals surface area contributed by atoms with Crippen LogP contribution in [0.3, 0.4) is 0 Å². The van der Waals surface area contributed by atoms with Crippen molar-refractivity contribution in [3.8, 4) is 11.8 Å². The van der Waals surface area contributed by atoms with E-state index in [0.29, 0.717) is 6.54 Å². The summed E-state index contributed by atoms with van der Waals surface area (Å²) in [6, 6.07) is 17.8. The van der Waals surface area contributed by atoms with E-state index in [0.717, 1.165) is 33.8 Å². The Morgan fingerprint density at radius 1 is 1.15 bits per heavy atom. The molecule has 0 aliphatic rings. The molecule has 2 aromatic carbocycles. The number of halogens is 1. The highest BCUT2D eigenvalue weighted by Crippen LogP contribution is 2.23. The number of nitrogens with one attached hydrogen (secondary N) is 1. The molecule has 0 aliphatic carbocycles. The lowest BCUT2D eigenvalue weighted by Crippen LogP contribution is -2.24. The summed E-state index contributed by atoms with van der Waals surface area (Å²) in [5.41, 5.74) is 5.26. The molecule has 0 bridgehead atoms. The van der Waals surface area contributed by atoms with Crippen LogP contribution in [0.5, 0.6) is 0 Å². The van der Waals surface area contributed by atoms with Crippen LogP contribution in [-0.2, 0) is 17.9 Å². The monoisotopic (exact) mass is 454 g/mol. The molecule has 1 amide bonds. The second kappa shape index (κ2) is 9.96. The van der Waals surface area contributed by atoms with Crippen LogP contribution in [-0.4, -0.2) is 25.2 Å². The number of carbonyl (C=O) groups excluding carboxylic acids is 1. The number of hydrogen-bond acceptors (Lipinski definition) is 4. The van der Waals surface area contributed by atoms with E-state index < -0.39 is 5.91 Å². The molecule has 2 heterocycles. The highest BCUT2D eigenvalue weighted by atomic mass is 19.1. The number of nitriles is 1. The maximum Gasteiger partial charge on any atom is 0.262 e. The van der Waals surface area contributed by atoms with E-state index in [1.54, 1.807) is 29.2 Å². The molecule has 0 fully saturated rings. The predicted molar refractivity (Wildman–Crippen MR) is 126 cm³/mol. The number of rotatable bonds is 7. The zero-order valence-corrected chi connectivity index (χ0v) is 18.9. The van der Waals surface area contributed by atoms with Crippen LogP contribution in [0.4, 0.5) is 4.39 Å². The second-order valence-electron chi connectivity index (χ2n) is 7.85. The molecule has 0 spiro atoms. The third-order valence-electron chi connectivity index (χ3n) is 5.58. The first-order chi connectivity index (χ1) is 16.5. The summed E-state index contributed by atoms with van der Waals surface area (Å²) in [7, 11) is 0. The molecule has 0 atom stereocenters. The molecule has 7 nitrogen and oxygen atoms in total. The first-order valence-corrected chi connectivity index (χ1v) is 10.7. The summed E-state index contributed by atoms with van der Waals surface area (Å²) in [5, 5.41) is 16.6. The molecule has 1 N–H and O–H groups in total. The van der Waals surface area contributed by atoms with E-state index in [1.165, 1.54) is 18.5 Å². The summed E-state index contributed by atoms with van der Waals surface area (Å²) in [6.45, 7) is 4.63. The number of benzene rings is 2. The minimum Gasteiger partial charge on any atom is -0.347 e. The van der Waals surface area contributed by atoms with Crippen molar-refractivity contribution in [2.45, 2.75) is 26.9 Å². The van der Waals surface area contributed by atoms with Gasteiger partial charge >= 0.3 is 0 Å². The van der Waals surface area contributed by atoms with Crippen molar-refractivity contribution in [2.24, 2.45) is 0 Å². The van der Waals surface area contributed by atoms with Gasteiger partial charge in [0.2, 0.25) is 0 Å². The lowest BCUT2D eigenvalue weighted by Gasteiger charge is -2.11. The zero-order chi connectivity index (χ0) is 24.1. The van der Waals surface area contributed by atoms with Crippen LogP contribution in [0.1, 0.15) is 28.1 Å². The molecule has 0 aliphatic heterocycles. The van der Waals surface area contributed by atoms with Gasteiger partial charge in [-0.05, 0) is 66.9 Å². The van der Waals surface area contributed by atoms with Gasteiger partial charge in [-0.1, -0.05) is 24.3 Å². The Morgan fingerprint density at radius 3 is 2.56 bits per heavy atom. The Hall–Kier alpha value is -4.51. The van der Waals surface area contributed by atoms with E-state index in [-0.39, 0.29) is 17.9 Å². The Balaban J connectivity index is 1.52. The van der Waals surface area contributed by atoms with Crippen LogP contribution < -0.4 is 5.32 Å². The molecular weight excluding hydrogens is 431 g/mol. The van der Waals surface area contributed by atoms with Gasteiger partial charge in [0.15, 0.2) is 0 Å². The first-order valence-electron chi connectivity index (χ1n) is 10.7. The van der Waals surface area contributed by atoms with E-state index >= 15 is 0 Å². The summed E-state index contributed by atoms with van der Waals surface area (Å²) in [5.74, 6) is -0.762. The Morgan fingerprint density at radius 2 is 1.88 bits per heavy atom. The molecule has 4 rings (SSSR count). The van der Waals surface area contributed by atoms with Crippen molar-refractivity contribution in [1.29, 1.82) is 5.26 Å². The summed E-state index contributed by atoms with van der Waals surface area (Å²) >= 11 is 0. The smallest absolute Gasteiger partial charge is 0.262 e. The minimum absolute atomic E-state index is 0.00751. The van der Waals surface area contributed by atoms with Crippen molar-refractivity contribution in [3.63, 3.8) is 0 Å². The molecule has 0 radical (unpaired) electrons. The SMILES string of the molecule is Cc1cc(C=C(C#N)C(=O)NCc2ccccc2Cn2cncn2)c(C)n1-c1ccc(F)cc1. The van der Waals surface area contributed by atoms with Crippen molar-refractivity contribution in [1.82, 2.24) is 24.6 Å². The highest BCUT2D eigenvalue weighted by molar-refractivity contribution is 6.01. The van der Waals surface area contributed by atoms with Gasteiger partial charge in [-0.15, -0.1) is 0 Å². The molecule has 0 unspecified atom stereocenters. The van der Waals surface area contributed by atoms with Gasteiger partial charge in [-0.3, -0.25) is 4.79 Å². The fourth-order valence-electron chi connectivity index (χ4n) is 3.87. The van der Waals surface area contributed by atoms with Crippen LogP contribution in [0.25, 0.3) is 11.8 Å². The molecule has 8 heteroatoms. The van der Waals surface area contributed by atoms with Gasteiger partial charge in [-0.25, -0.2) is 14.1 Å². The minimum atomic E-state index is -0.454. The van der Waals surface area contributed by atoms with Crippen molar-refractivity contribution >= 4 is 12.0 Å². The average molecular weight is 455 g/mol. The van der Waals surface area contributed by atoms with E-state index in [2.05, 4.69) is 15.4 Å². The molecule has 34 heavy (non-hydrogen) atoms. The van der Waals surface area contributed by atoms with Crippen molar-refractivity contribution < 1.29 is 9.18 Å². The second-order valence-corrected chi connectivity index (χ2v) is 7.85. The predicted octanol–water partition coefficient (Wildman–Crippen LogP) is 4.10. The lowest BCUT2D eigenvalue weighted by molar-refractivity contribution is -0.117. The van der Waals surface area contributed by atoms with Crippen LogP contribution in [0, 0.1) is 31.0 Å². The molecule has 170 valence electrons. The van der Waals surface area contributed by atoms with Crippen LogP contribution >= 0.6 is 0 Å². The lowest BCUT2D eigenvalue weighted by atomic mass is 10.1. The normalized spacial score (nSPS) is 11.3. The van der Waals surface area contributed by atoms with Gasteiger partial charge in [-0.2, -0.15) is 10.4 Å². The van der Waals surface area contributed by atoms with Gasteiger partial charge in [0.25, 0.3) is 5.91 Å². The fourth-order valence-corrected chi connectivity index (χ4v) is 3.87. The van der Waals surface area contributed by atoms with Gasteiger partial charge in [0, 0.05) is 23.6 Å². The van der Waals surface area contributed by atoms with Crippen LogP contribution in [0.15, 0.2) is 72.8 Å². The summed E-state index contributed by atoms with van der Waals surface area (Å²) in [6.07, 6.45) is 4.69. The van der Waals surface area contributed by atoms with E-state index in [4.69, 9.17) is 0 Å². The largest absolute Gasteiger partial charge is 0.347 e. The number of amides is 1. The quantitative estimate of drug-likeness (QED) is 0.336. The molecule has 4 aromatic rings. The summed E-state index contributed by atoms with van der Waals surface area (Å²) < 4.78 is 17.0. The van der Waals surface area contributed by atoms with Gasteiger partial charge in [0.1, 0.15) is 30.1 Å². The standard InChI is InChI=1S/C26H23FN6O/c1-18-11-22(19(2)33(18)25-9-7-24(27)8-10-25)12-23(13-28)26(34)30-14-20-5-3-4-6-21(20)15-32-17-29-16-31-32/h3-12,16-17H,14-15H2,1-2H3,(H,30,34). The average Bonchev–Trinajstić information content (AvgIpc) is 3.44. The van der Waals surface area contributed by atoms with Gasteiger partial charge < -0.3 is 9.88 Å². The Labute approximate surface area is 196 Å². The van der Waals surface area contributed by atoms with E-state index in [9.17, 15) is 14.4 Å². The molecule has 0 saturated carbocycles. The fraction of sp³-hybridized carbons (Fsp3) is 0.154. The van der Waals surface area contributed by atoms with Crippen molar-refractivity contribution in [3.05, 3.63) is 107 Å². The molecule has 2 aromatic heterocycles. The van der Waals surface area contributed by atoms with E-state index in [1.807, 2.05) is 54.8 Å². The zero-order valence-electron chi connectivity index (χ0n) is 18.9. The van der Waals surface area contributed by atoms with Crippen molar-refractivity contribution in [2.75, 3.05) is 0 Å². The Bertz CT molecular complexity index is 1380. The Kier molecular flexibility index (Phi) is 6.64.